The number of methoxy groups -OCH3 is 1. The second-order valence-corrected chi connectivity index (χ2v) is 6.42. The molecular weight excluding hydrogens is 302 g/mol. The van der Waals surface area contributed by atoms with E-state index in [1.807, 2.05) is 0 Å². The molecule has 0 N–H and O–H groups in total. The second-order valence-electron chi connectivity index (χ2n) is 4.48. The van der Waals surface area contributed by atoms with Gasteiger partial charge in [0, 0.05) is 19.2 Å². The van der Waals surface area contributed by atoms with Gasteiger partial charge in [0.25, 0.3) is 0 Å². The molecule has 1 saturated heterocycles. The van der Waals surface area contributed by atoms with Crippen molar-refractivity contribution in [3.63, 3.8) is 0 Å². The molecule has 1 atom stereocenters. The minimum absolute atomic E-state index is 0.0337. The van der Waals surface area contributed by atoms with E-state index < -0.39 is 32.7 Å². The Labute approximate surface area is 120 Å². The van der Waals surface area contributed by atoms with Crippen LogP contribution in [0.15, 0.2) is 23.2 Å². The maximum absolute atomic E-state index is 12.3. The van der Waals surface area contributed by atoms with Crippen molar-refractivity contribution in [1.82, 2.24) is 9.29 Å². The first kappa shape index (κ1) is 15.3. The van der Waals surface area contributed by atoms with Gasteiger partial charge in [0.15, 0.2) is 6.20 Å². The lowest BCUT2D eigenvalue weighted by atomic mass is 10.1. The van der Waals surface area contributed by atoms with Gasteiger partial charge in [0.2, 0.25) is 10.0 Å². The highest BCUT2D eigenvalue weighted by Crippen LogP contribution is 2.25. The first-order valence-corrected chi connectivity index (χ1v) is 7.48. The minimum Gasteiger partial charge on any atom is -0.469 e. The molecule has 1 aromatic rings. The van der Waals surface area contributed by atoms with Crippen LogP contribution in [0.4, 0.5) is 5.82 Å². The number of hydrogen-bond donors (Lipinski definition) is 0. The Balaban J connectivity index is 2.19. The summed E-state index contributed by atoms with van der Waals surface area (Å²) in [6, 6.07) is 2.16. The van der Waals surface area contributed by atoms with E-state index in [0.717, 1.165) is 22.6 Å². The molecule has 0 spiro atoms. The van der Waals surface area contributed by atoms with Gasteiger partial charge in [-0.05, 0) is 22.4 Å². The van der Waals surface area contributed by atoms with Gasteiger partial charge < -0.3 is 14.9 Å². The highest BCUT2D eigenvalue weighted by molar-refractivity contribution is 7.89. The third-order valence-corrected chi connectivity index (χ3v) is 5.08. The van der Waals surface area contributed by atoms with Crippen LogP contribution in [0.3, 0.4) is 0 Å². The van der Waals surface area contributed by atoms with E-state index in [2.05, 4.69) is 9.72 Å². The molecule has 1 aromatic heterocycles. The number of nitro groups is 1. The summed E-state index contributed by atoms with van der Waals surface area (Å²) >= 11 is 0. The fourth-order valence-electron chi connectivity index (χ4n) is 2.09. The molecule has 10 heteroatoms. The molecule has 0 amide bonds. The molecule has 0 bridgehead atoms. The van der Waals surface area contributed by atoms with E-state index in [9.17, 15) is 23.3 Å². The van der Waals surface area contributed by atoms with Gasteiger partial charge in [-0.1, -0.05) is 0 Å². The quantitative estimate of drug-likeness (QED) is 0.441. The first-order valence-electron chi connectivity index (χ1n) is 6.04. The Hall–Kier alpha value is -2.07. The zero-order chi connectivity index (χ0) is 15.6. The number of ether oxygens (including phenoxy) is 1. The van der Waals surface area contributed by atoms with Crippen LogP contribution in [0.1, 0.15) is 6.42 Å². The molecule has 21 heavy (non-hydrogen) atoms. The highest BCUT2D eigenvalue weighted by Gasteiger charge is 2.37. The van der Waals surface area contributed by atoms with E-state index in [0.29, 0.717) is 6.42 Å². The number of carbonyl (C=O) groups excluding carboxylic acids is 1. The standard InChI is InChI=1S/C11H13N3O6S/c1-20-11(15)8-4-5-13(7-8)21(18,19)9-2-3-10(12-6-9)14(16)17/h2-3,6,8H,4-5,7H2,1H3. The van der Waals surface area contributed by atoms with Crippen LogP contribution < -0.4 is 0 Å². The molecule has 9 nitrogen and oxygen atoms in total. The molecule has 0 aliphatic carbocycles. The van der Waals surface area contributed by atoms with E-state index >= 15 is 0 Å². The van der Waals surface area contributed by atoms with Crippen LogP contribution in [0.5, 0.6) is 0 Å². The zero-order valence-corrected chi connectivity index (χ0v) is 11.9. The lowest BCUT2D eigenvalue weighted by Crippen LogP contribution is -2.30. The Morgan fingerprint density at radius 2 is 2.24 bits per heavy atom. The smallest absolute Gasteiger partial charge is 0.363 e. The van der Waals surface area contributed by atoms with Crippen molar-refractivity contribution in [2.45, 2.75) is 11.3 Å². The van der Waals surface area contributed by atoms with E-state index in [-0.39, 0.29) is 18.0 Å². The van der Waals surface area contributed by atoms with Gasteiger partial charge in [-0.25, -0.2) is 8.42 Å². The number of aromatic nitrogens is 1. The molecule has 1 aliphatic rings. The third kappa shape index (κ3) is 3.00. The minimum atomic E-state index is -3.82. The lowest BCUT2D eigenvalue weighted by Gasteiger charge is -2.15. The van der Waals surface area contributed by atoms with Crippen LogP contribution in [0.2, 0.25) is 0 Å². The average Bonchev–Trinajstić information content (AvgIpc) is 2.97. The van der Waals surface area contributed by atoms with Crippen LogP contribution in [-0.2, 0) is 19.6 Å². The van der Waals surface area contributed by atoms with Crippen molar-refractivity contribution in [3.8, 4) is 0 Å². The normalized spacial score (nSPS) is 19.4. The van der Waals surface area contributed by atoms with Crippen LogP contribution in [0.25, 0.3) is 0 Å². The highest BCUT2D eigenvalue weighted by atomic mass is 32.2. The molecule has 2 rings (SSSR count). The fraction of sp³-hybridized carbons (Fsp3) is 0.455. The largest absolute Gasteiger partial charge is 0.469 e. The summed E-state index contributed by atoms with van der Waals surface area (Å²) in [5.74, 6) is -1.37. The van der Waals surface area contributed by atoms with E-state index in [4.69, 9.17) is 0 Å². The average molecular weight is 315 g/mol. The monoisotopic (exact) mass is 315 g/mol. The van der Waals surface area contributed by atoms with Crippen molar-refractivity contribution in [2.75, 3.05) is 20.2 Å². The molecule has 1 unspecified atom stereocenters. The fourth-order valence-corrected chi connectivity index (χ4v) is 3.53. The van der Waals surface area contributed by atoms with Gasteiger partial charge in [-0.2, -0.15) is 4.31 Å². The number of nitrogens with zero attached hydrogens (tertiary/aromatic N) is 3. The van der Waals surface area contributed by atoms with Crippen LogP contribution in [0, 0.1) is 16.0 Å². The van der Waals surface area contributed by atoms with E-state index in [1.54, 1.807) is 0 Å². The summed E-state index contributed by atoms with van der Waals surface area (Å²) in [6.07, 6.45) is 1.32. The van der Waals surface area contributed by atoms with Crippen LogP contribution in [-0.4, -0.2) is 48.8 Å². The summed E-state index contributed by atoms with van der Waals surface area (Å²) in [6.45, 7) is 0.227. The van der Waals surface area contributed by atoms with Gasteiger partial charge in [0.05, 0.1) is 13.0 Å². The molecule has 0 aromatic carbocycles. The number of sulfonamides is 1. The number of hydrogen-bond acceptors (Lipinski definition) is 7. The SMILES string of the molecule is COC(=O)C1CCN(S(=O)(=O)c2ccc([N+](=O)[O-])nc2)C1. The molecule has 1 fully saturated rings. The number of rotatable bonds is 4. The summed E-state index contributed by atoms with van der Waals surface area (Å²) in [7, 11) is -2.57. The van der Waals surface area contributed by atoms with Crippen molar-refractivity contribution < 1.29 is 22.9 Å². The maximum Gasteiger partial charge on any atom is 0.363 e. The van der Waals surface area contributed by atoms with Gasteiger partial charge in [-0.15, -0.1) is 0 Å². The summed E-state index contributed by atoms with van der Waals surface area (Å²) in [5, 5.41) is 10.5. The molecule has 2 heterocycles. The van der Waals surface area contributed by atoms with Gasteiger partial charge >= 0.3 is 11.8 Å². The predicted octanol–water partition coefficient (Wildman–Crippen LogP) is 0.173. The first-order chi connectivity index (χ1) is 9.86. The summed E-state index contributed by atoms with van der Waals surface area (Å²) < 4.78 is 30.4. The van der Waals surface area contributed by atoms with Crippen LogP contribution >= 0.6 is 0 Å². The van der Waals surface area contributed by atoms with Gasteiger partial charge in [-0.3, -0.25) is 4.79 Å². The molecule has 0 saturated carbocycles. The molecule has 0 radical (unpaired) electrons. The maximum atomic E-state index is 12.3. The Morgan fingerprint density at radius 1 is 1.52 bits per heavy atom. The van der Waals surface area contributed by atoms with Gasteiger partial charge in [0.1, 0.15) is 4.90 Å². The Bertz CT molecular complexity index is 657. The number of pyridine rings is 1. The van der Waals surface area contributed by atoms with Crippen molar-refractivity contribution >= 4 is 21.8 Å². The second kappa shape index (κ2) is 5.74. The number of carbonyl (C=O) groups is 1. The zero-order valence-electron chi connectivity index (χ0n) is 11.1. The summed E-state index contributed by atoms with van der Waals surface area (Å²) in [4.78, 5) is 24.6. The third-order valence-electron chi connectivity index (χ3n) is 3.23. The topological polar surface area (TPSA) is 120 Å². The van der Waals surface area contributed by atoms with E-state index in [1.165, 1.54) is 7.11 Å². The molecule has 114 valence electrons. The lowest BCUT2D eigenvalue weighted by molar-refractivity contribution is -0.389. The van der Waals surface area contributed by atoms with Crippen molar-refractivity contribution in [2.24, 2.45) is 5.92 Å². The molecular formula is C11H13N3O6S. The molecule has 1 aliphatic heterocycles. The Morgan fingerprint density at radius 3 is 2.76 bits per heavy atom. The van der Waals surface area contributed by atoms with Crippen molar-refractivity contribution in [1.29, 1.82) is 0 Å². The summed E-state index contributed by atoms with van der Waals surface area (Å²) in [5.41, 5.74) is 0. The van der Waals surface area contributed by atoms with Crippen molar-refractivity contribution in [3.05, 3.63) is 28.4 Å². The predicted molar refractivity (Wildman–Crippen MR) is 69.8 cm³/mol. The number of esters is 1. The Kier molecular flexibility index (Phi) is 4.19.